The Morgan fingerprint density at radius 3 is 2.62 bits per heavy atom. The molecule has 1 atom stereocenters. The topological polar surface area (TPSA) is 45.6 Å². The van der Waals surface area contributed by atoms with Gasteiger partial charge in [-0.15, -0.1) is 0 Å². The molecule has 5 heteroatoms. The molecule has 0 aliphatic carbocycles. The van der Waals surface area contributed by atoms with Crippen molar-refractivity contribution in [3.63, 3.8) is 0 Å². The van der Waals surface area contributed by atoms with Gasteiger partial charge < -0.3 is 9.84 Å². The fraction of sp³-hybridized carbons (Fsp3) is 0.286. The zero-order valence-corrected chi connectivity index (χ0v) is 15.4. The number of benzene rings is 2. The first-order valence-corrected chi connectivity index (χ1v) is 9.17. The minimum atomic E-state index is -0.0941. The van der Waals surface area contributed by atoms with E-state index >= 15 is 0 Å². The maximum Gasteiger partial charge on any atom is 0.147 e. The van der Waals surface area contributed by atoms with Crippen molar-refractivity contribution in [2.24, 2.45) is 0 Å². The molecule has 0 saturated carbocycles. The molecule has 4 nitrogen and oxygen atoms in total. The van der Waals surface area contributed by atoms with Crippen molar-refractivity contribution < 1.29 is 9.84 Å². The van der Waals surface area contributed by atoms with Crippen LogP contribution in [0.3, 0.4) is 0 Å². The Balaban J connectivity index is 1.89. The Hall–Kier alpha value is -2.14. The lowest BCUT2D eigenvalue weighted by Crippen LogP contribution is -2.39. The molecular formula is C21H21ClN2O2. The van der Waals surface area contributed by atoms with Gasteiger partial charge in [-0.05, 0) is 30.7 Å². The third kappa shape index (κ3) is 3.16. The van der Waals surface area contributed by atoms with Crippen LogP contribution in [0.4, 0.5) is 0 Å². The molecule has 2 aromatic carbocycles. The summed E-state index contributed by atoms with van der Waals surface area (Å²) in [7, 11) is 0. The molecule has 134 valence electrons. The van der Waals surface area contributed by atoms with E-state index in [1.807, 2.05) is 18.2 Å². The van der Waals surface area contributed by atoms with Crippen molar-refractivity contribution in [1.29, 1.82) is 0 Å². The van der Waals surface area contributed by atoms with Crippen LogP contribution in [0, 0.1) is 6.92 Å². The number of hydrogen-bond acceptors (Lipinski definition) is 4. The molecule has 3 aromatic rings. The lowest BCUT2D eigenvalue weighted by atomic mass is 9.94. The lowest BCUT2D eigenvalue weighted by molar-refractivity contribution is 0.0236. The predicted molar refractivity (Wildman–Crippen MR) is 104 cm³/mol. The molecule has 1 aliphatic heterocycles. The molecule has 1 saturated heterocycles. The van der Waals surface area contributed by atoms with Gasteiger partial charge >= 0.3 is 0 Å². The second-order valence-corrected chi connectivity index (χ2v) is 7.06. The fourth-order valence-electron chi connectivity index (χ4n) is 3.59. The maximum absolute atomic E-state index is 11.0. The highest BCUT2D eigenvalue weighted by Crippen LogP contribution is 2.41. The van der Waals surface area contributed by atoms with Crippen LogP contribution in [0.15, 0.2) is 48.7 Å². The summed E-state index contributed by atoms with van der Waals surface area (Å²) >= 11 is 6.54. The van der Waals surface area contributed by atoms with Crippen LogP contribution in [-0.2, 0) is 4.74 Å². The fourth-order valence-corrected chi connectivity index (χ4v) is 3.86. The van der Waals surface area contributed by atoms with Crippen molar-refractivity contribution in [2.75, 3.05) is 26.3 Å². The van der Waals surface area contributed by atoms with E-state index in [1.165, 1.54) is 5.56 Å². The van der Waals surface area contributed by atoms with Gasteiger partial charge in [0.2, 0.25) is 0 Å². The SMILES string of the molecule is Cc1ccc([C@@H](c2cc(Cl)c3cccnc3c2O)N2CCOCC2)cc1. The van der Waals surface area contributed by atoms with Crippen molar-refractivity contribution >= 4 is 22.5 Å². The van der Waals surface area contributed by atoms with Crippen molar-refractivity contribution in [3.05, 3.63) is 70.4 Å². The molecule has 1 N–H and O–H groups in total. The van der Waals surface area contributed by atoms with Crippen LogP contribution in [-0.4, -0.2) is 41.3 Å². The quantitative estimate of drug-likeness (QED) is 0.747. The van der Waals surface area contributed by atoms with Gasteiger partial charge in [0.25, 0.3) is 0 Å². The number of nitrogens with zero attached hydrogens (tertiary/aromatic N) is 2. The number of phenols is 1. The third-order valence-corrected chi connectivity index (χ3v) is 5.26. The van der Waals surface area contributed by atoms with Crippen LogP contribution in [0.25, 0.3) is 10.9 Å². The molecule has 1 aromatic heterocycles. The van der Waals surface area contributed by atoms with E-state index in [-0.39, 0.29) is 11.8 Å². The average Bonchev–Trinajstić information content (AvgIpc) is 2.68. The van der Waals surface area contributed by atoms with Crippen LogP contribution in [0.2, 0.25) is 5.02 Å². The summed E-state index contributed by atoms with van der Waals surface area (Å²) < 4.78 is 5.52. The number of hydrogen-bond donors (Lipinski definition) is 1. The van der Waals surface area contributed by atoms with Crippen molar-refractivity contribution in [2.45, 2.75) is 13.0 Å². The average molecular weight is 369 g/mol. The second-order valence-electron chi connectivity index (χ2n) is 6.66. The maximum atomic E-state index is 11.0. The summed E-state index contributed by atoms with van der Waals surface area (Å²) in [5.41, 5.74) is 3.66. The Kier molecular flexibility index (Phi) is 4.81. The first kappa shape index (κ1) is 17.3. The summed E-state index contributed by atoms with van der Waals surface area (Å²) in [6.45, 7) is 5.04. The number of aromatic hydroxyl groups is 1. The molecule has 0 spiro atoms. The summed E-state index contributed by atoms with van der Waals surface area (Å²) in [5, 5.41) is 12.4. The first-order valence-electron chi connectivity index (χ1n) is 8.79. The molecule has 2 heterocycles. The van der Waals surface area contributed by atoms with Gasteiger partial charge in [0.15, 0.2) is 0 Å². The Bertz CT molecular complexity index is 921. The van der Waals surface area contributed by atoms with Gasteiger partial charge in [0.05, 0.1) is 24.3 Å². The van der Waals surface area contributed by atoms with E-state index in [1.54, 1.807) is 6.20 Å². The Morgan fingerprint density at radius 1 is 1.15 bits per heavy atom. The number of rotatable bonds is 3. The van der Waals surface area contributed by atoms with E-state index in [4.69, 9.17) is 16.3 Å². The summed E-state index contributed by atoms with van der Waals surface area (Å²) in [5.74, 6) is 0.196. The zero-order valence-electron chi connectivity index (χ0n) is 14.7. The second kappa shape index (κ2) is 7.23. The summed E-state index contributed by atoms with van der Waals surface area (Å²) in [6.07, 6.45) is 1.68. The number of pyridine rings is 1. The number of halogens is 1. The number of phenolic OH excluding ortho intramolecular Hbond substituents is 1. The summed E-state index contributed by atoms with van der Waals surface area (Å²) in [4.78, 5) is 6.69. The van der Waals surface area contributed by atoms with Gasteiger partial charge in [-0.25, -0.2) is 0 Å². The highest BCUT2D eigenvalue weighted by atomic mass is 35.5. The van der Waals surface area contributed by atoms with Gasteiger partial charge in [0, 0.05) is 30.2 Å². The Morgan fingerprint density at radius 2 is 1.88 bits per heavy atom. The highest BCUT2D eigenvalue weighted by Gasteiger charge is 2.28. The number of aromatic nitrogens is 1. The molecule has 0 radical (unpaired) electrons. The molecule has 1 fully saturated rings. The first-order chi connectivity index (χ1) is 12.6. The number of aryl methyl sites for hydroxylation is 1. The molecule has 0 bridgehead atoms. The molecule has 26 heavy (non-hydrogen) atoms. The Labute approximate surface area is 158 Å². The predicted octanol–water partition coefficient (Wildman–Crippen LogP) is 4.32. The molecule has 0 amide bonds. The molecule has 0 unspecified atom stereocenters. The highest BCUT2D eigenvalue weighted by molar-refractivity contribution is 6.35. The third-order valence-electron chi connectivity index (χ3n) is 4.94. The normalized spacial score (nSPS) is 16.7. The van der Waals surface area contributed by atoms with E-state index in [0.29, 0.717) is 23.8 Å². The van der Waals surface area contributed by atoms with E-state index in [9.17, 15) is 5.11 Å². The molecule has 4 rings (SSSR count). The van der Waals surface area contributed by atoms with Crippen molar-refractivity contribution in [1.82, 2.24) is 9.88 Å². The number of ether oxygens (including phenoxy) is 1. The van der Waals surface area contributed by atoms with Gasteiger partial charge in [-0.1, -0.05) is 41.4 Å². The van der Waals surface area contributed by atoms with Crippen LogP contribution < -0.4 is 0 Å². The van der Waals surface area contributed by atoms with E-state index < -0.39 is 0 Å². The lowest BCUT2D eigenvalue weighted by Gasteiger charge is -2.35. The van der Waals surface area contributed by atoms with Crippen LogP contribution in [0.5, 0.6) is 5.75 Å². The van der Waals surface area contributed by atoms with Gasteiger partial charge in [-0.3, -0.25) is 9.88 Å². The smallest absolute Gasteiger partial charge is 0.147 e. The molecular weight excluding hydrogens is 348 g/mol. The summed E-state index contributed by atoms with van der Waals surface area (Å²) in [6, 6.07) is 13.9. The molecule has 1 aliphatic rings. The number of morpholine rings is 1. The monoisotopic (exact) mass is 368 g/mol. The van der Waals surface area contributed by atoms with Crippen LogP contribution >= 0.6 is 11.6 Å². The van der Waals surface area contributed by atoms with E-state index in [2.05, 4.69) is 41.1 Å². The minimum absolute atomic E-state index is 0.0941. The van der Waals surface area contributed by atoms with E-state index in [0.717, 1.165) is 29.6 Å². The van der Waals surface area contributed by atoms with Crippen LogP contribution in [0.1, 0.15) is 22.7 Å². The van der Waals surface area contributed by atoms with Gasteiger partial charge in [-0.2, -0.15) is 0 Å². The largest absolute Gasteiger partial charge is 0.505 e. The van der Waals surface area contributed by atoms with Gasteiger partial charge in [0.1, 0.15) is 11.3 Å². The number of fused-ring (bicyclic) bond motifs is 1. The van der Waals surface area contributed by atoms with Crippen molar-refractivity contribution in [3.8, 4) is 5.75 Å². The zero-order chi connectivity index (χ0) is 18.1. The minimum Gasteiger partial charge on any atom is -0.505 e. The standard InChI is InChI=1S/C21H21ClN2O2/c1-14-4-6-15(7-5-14)20(24-9-11-26-12-10-24)17-13-18(22)16-3-2-8-23-19(16)21(17)25/h2-8,13,20,25H,9-12H2,1H3/t20-/m0/s1.